The fourth-order valence-electron chi connectivity index (χ4n) is 1.95. The van der Waals surface area contributed by atoms with Crippen molar-refractivity contribution in [1.82, 2.24) is 9.97 Å². The molecule has 0 saturated carbocycles. The largest absolute Gasteiger partial charge is 0.497 e. The molecule has 2 N–H and O–H groups in total. The highest BCUT2D eigenvalue weighted by Crippen LogP contribution is 2.28. The molecular weight excluding hydrogens is 270 g/mol. The van der Waals surface area contributed by atoms with Crippen LogP contribution in [-0.4, -0.2) is 17.1 Å². The molecule has 0 amide bonds. The molecule has 0 aliphatic rings. The monoisotopic (exact) mass is 283 g/mol. The molecule has 2 heterocycles. The number of rotatable bonds is 3. The number of nitrogens with zero attached hydrogens (tertiary/aromatic N) is 2. The van der Waals surface area contributed by atoms with Gasteiger partial charge in [0, 0.05) is 5.56 Å². The second kappa shape index (κ2) is 5.30. The van der Waals surface area contributed by atoms with Gasteiger partial charge in [0.2, 0.25) is 5.95 Å². The lowest BCUT2D eigenvalue weighted by Gasteiger charge is -2.06. The Kier molecular flexibility index (Phi) is 3.35. The second-order valence-corrected chi connectivity index (χ2v) is 5.15. The highest BCUT2D eigenvalue weighted by Gasteiger charge is 2.08. The molecule has 0 fully saturated rings. The van der Waals surface area contributed by atoms with Crippen LogP contribution >= 0.6 is 11.3 Å². The number of thiophene rings is 1. The fraction of sp³-hybridized carbons (Fsp3) is 0.0667. The van der Waals surface area contributed by atoms with Crippen molar-refractivity contribution in [2.75, 3.05) is 12.8 Å². The minimum Gasteiger partial charge on any atom is -0.497 e. The van der Waals surface area contributed by atoms with E-state index in [1.165, 1.54) is 0 Å². The summed E-state index contributed by atoms with van der Waals surface area (Å²) in [6.07, 6.45) is 0. The first-order valence-electron chi connectivity index (χ1n) is 6.09. The number of hydrogen-bond acceptors (Lipinski definition) is 5. The second-order valence-electron chi connectivity index (χ2n) is 4.21. The van der Waals surface area contributed by atoms with Crippen LogP contribution in [0.2, 0.25) is 0 Å². The van der Waals surface area contributed by atoms with Gasteiger partial charge in [-0.1, -0.05) is 18.2 Å². The van der Waals surface area contributed by atoms with E-state index >= 15 is 0 Å². The Morgan fingerprint density at radius 2 is 1.90 bits per heavy atom. The maximum absolute atomic E-state index is 5.82. The molecule has 2 aromatic heterocycles. The highest BCUT2D eigenvalue weighted by atomic mass is 32.1. The Morgan fingerprint density at radius 3 is 2.65 bits per heavy atom. The molecule has 3 rings (SSSR count). The van der Waals surface area contributed by atoms with Crippen LogP contribution in [0.5, 0.6) is 5.75 Å². The van der Waals surface area contributed by atoms with Gasteiger partial charge < -0.3 is 10.5 Å². The Bertz CT molecular complexity index is 726. The molecule has 100 valence electrons. The normalized spacial score (nSPS) is 10.4. The van der Waals surface area contributed by atoms with Crippen molar-refractivity contribution in [2.24, 2.45) is 0 Å². The molecule has 5 heteroatoms. The number of hydrogen-bond donors (Lipinski definition) is 1. The van der Waals surface area contributed by atoms with E-state index in [-0.39, 0.29) is 5.95 Å². The van der Waals surface area contributed by atoms with Crippen LogP contribution in [0.25, 0.3) is 21.8 Å². The van der Waals surface area contributed by atoms with Gasteiger partial charge in [-0.05, 0) is 29.6 Å². The summed E-state index contributed by atoms with van der Waals surface area (Å²) in [7, 11) is 1.64. The third kappa shape index (κ3) is 2.48. The van der Waals surface area contributed by atoms with Crippen LogP contribution in [0.3, 0.4) is 0 Å². The first kappa shape index (κ1) is 12.6. The van der Waals surface area contributed by atoms with Gasteiger partial charge in [0.25, 0.3) is 0 Å². The number of nitrogen functional groups attached to an aromatic ring is 1. The predicted molar refractivity (Wildman–Crippen MR) is 81.7 cm³/mol. The first-order chi connectivity index (χ1) is 9.76. The molecule has 0 unspecified atom stereocenters. The summed E-state index contributed by atoms with van der Waals surface area (Å²) in [5, 5.41) is 2.01. The Hall–Kier alpha value is -2.40. The van der Waals surface area contributed by atoms with Crippen molar-refractivity contribution in [3.05, 3.63) is 47.8 Å². The Balaban J connectivity index is 2.09. The van der Waals surface area contributed by atoms with E-state index in [0.717, 1.165) is 27.6 Å². The lowest BCUT2D eigenvalue weighted by Crippen LogP contribution is -1.98. The van der Waals surface area contributed by atoms with Gasteiger partial charge in [-0.25, -0.2) is 9.97 Å². The van der Waals surface area contributed by atoms with Crippen molar-refractivity contribution in [3.63, 3.8) is 0 Å². The van der Waals surface area contributed by atoms with Gasteiger partial charge in [0.15, 0.2) is 0 Å². The van der Waals surface area contributed by atoms with Gasteiger partial charge in [-0.15, -0.1) is 11.3 Å². The van der Waals surface area contributed by atoms with E-state index in [4.69, 9.17) is 10.5 Å². The van der Waals surface area contributed by atoms with E-state index in [1.54, 1.807) is 18.4 Å². The Labute approximate surface area is 120 Å². The van der Waals surface area contributed by atoms with Crippen LogP contribution in [0, 0.1) is 0 Å². The Morgan fingerprint density at radius 1 is 1.05 bits per heavy atom. The number of benzene rings is 1. The topological polar surface area (TPSA) is 61.0 Å². The van der Waals surface area contributed by atoms with Crippen molar-refractivity contribution in [3.8, 4) is 27.6 Å². The third-order valence-corrected chi connectivity index (χ3v) is 3.77. The summed E-state index contributed by atoms with van der Waals surface area (Å²) >= 11 is 1.63. The van der Waals surface area contributed by atoms with E-state index in [0.29, 0.717) is 0 Å². The van der Waals surface area contributed by atoms with E-state index in [1.807, 2.05) is 47.8 Å². The van der Waals surface area contributed by atoms with Crippen molar-refractivity contribution < 1.29 is 4.74 Å². The summed E-state index contributed by atoms with van der Waals surface area (Å²) in [4.78, 5) is 9.67. The lowest BCUT2D eigenvalue weighted by atomic mass is 10.1. The SMILES string of the molecule is COc1cccc(-c2cc(-c3cccs3)nc(N)n2)c1. The van der Waals surface area contributed by atoms with Gasteiger partial charge in [0.1, 0.15) is 5.75 Å². The molecule has 4 nitrogen and oxygen atoms in total. The molecule has 3 aromatic rings. The van der Waals surface area contributed by atoms with E-state index < -0.39 is 0 Å². The smallest absolute Gasteiger partial charge is 0.221 e. The number of methoxy groups -OCH3 is 1. The summed E-state index contributed by atoms with van der Waals surface area (Å²) in [5.74, 6) is 1.06. The fourth-order valence-corrected chi connectivity index (χ4v) is 2.63. The molecule has 20 heavy (non-hydrogen) atoms. The molecule has 0 spiro atoms. The summed E-state index contributed by atoms with van der Waals surface area (Å²) < 4.78 is 5.24. The molecule has 0 aliphatic heterocycles. The van der Waals surface area contributed by atoms with Crippen molar-refractivity contribution >= 4 is 17.3 Å². The number of nitrogens with two attached hydrogens (primary N) is 1. The average Bonchev–Trinajstić information content (AvgIpc) is 3.01. The molecule has 0 saturated heterocycles. The molecule has 0 bridgehead atoms. The number of aromatic nitrogens is 2. The predicted octanol–water partition coefficient (Wildman–Crippen LogP) is 3.46. The van der Waals surface area contributed by atoms with Crippen LogP contribution < -0.4 is 10.5 Å². The van der Waals surface area contributed by atoms with Gasteiger partial charge in [-0.2, -0.15) is 0 Å². The average molecular weight is 283 g/mol. The maximum Gasteiger partial charge on any atom is 0.221 e. The molecule has 0 atom stereocenters. The van der Waals surface area contributed by atoms with E-state index in [2.05, 4.69) is 9.97 Å². The van der Waals surface area contributed by atoms with Crippen LogP contribution in [0.1, 0.15) is 0 Å². The van der Waals surface area contributed by atoms with Crippen LogP contribution in [0.4, 0.5) is 5.95 Å². The summed E-state index contributed by atoms with van der Waals surface area (Å²) in [5.41, 5.74) is 8.41. The quantitative estimate of drug-likeness (QED) is 0.799. The van der Waals surface area contributed by atoms with Crippen LogP contribution in [-0.2, 0) is 0 Å². The molecule has 1 aromatic carbocycles. The van der Waals surface area contributed by atoms with Gasteiger partial charge in [0.05, 0.1) is 23.4 Å². The number of anilines is 1. The van der Waals surface area contributed by atoms with Crippen molar-refractivity contribution in [2.45, 2.75) is 0 Å². The standard InChI is InChI=1S/C15H13N3OS/c1-19-11-5-2-4-10(8-11)12-9-13(18-15(16)17-12)14-6-3-7-20-14/h2-9H,1H3,(H2,16,17,18). The lowest BCUT2D eigenvalue weighted by molar-refractivity contribution is 0.415. The van der Waals surface area contributed by atoms with Gasteiger partial charge in [-0.3, -0.25) is 0 Å². The van der Waals surface area contributed by atoms with Crippen LogP contribution in [0.15, 0.2) is 47.8 Å². The molecule has 0 radical (unpaired) electrons. The maximum atomic E-state index is 5.82. The highest BCUT2D eigenvalue weighted by molar-refractivity contribution is 7.13. The van der Waals surface area contributed by atoms with E-state index in [9.17, 15) is 0 Å². The minimum atomic E-state index is 0.272. The minimum absolute atomic E-state index is 0.272. The molecular formula is C15H13N3OS. The molecule has 0 aliphatic carbocycles. The zero-order valence-electron chi connectivity index (χ0n) is 10.9. The number of ether oxygens (including phenoxy) is 1. The van der Waals surface area contributed by atoms with Crippen molar-refractivity contribution in [1.29, 1.82) is 0 Å². The summed E-state index contributed by atoms with van der Waals surface area (Å²) in [6.45, 7) is 0. The summed E-state index contributed by atoms with van der Waals surface area (Å²) in [6, 6.07) is 13.7. The zero-order valence-corrected chi connectivity index (χ0v) is 11.7. The zero-order chi connectivity index (χ0) is 13.9. The van der Waals surface area contributed by atoms with Gasteiger partial charge >= 0.3 is 0 Å². The third-order valence-electron chi connectivity index (χ3n) is 2.88. The first-order valence-corrected chi connectivity index (χ1v) is 6.97.